The number of ether oxygens (including phenoxy) is 1. The average Bonchev–Trinajstić information content (AvgIpc) is 2.47. The highest BCUT2D eigenvalue weighted by molar-refractivity contribution is 9.10. The number of amides is 1. The van der Waals surface area contributed by atoms with Crippen molar-refractivity contribution in [1.29, 1.82) is 0 Å². The van der Waals surface area contributed by atoms with Crippen LogP contribution in [0.1, 0.15) is 23.7 Å². The van der Waals surface area contributed by atoms with Gasteiger partial charge in [-0.05, 0) is 12.1 Å². The number of rotatable bonds is 4. The zero-order valence-electron chi connectivity index (χ0n) is 11.5. The highest BCUT2D eigenvalue weighted by Crippen LogP contribution is 2.17. The van der Waals surface area contributed by atoms with Crippen LogP contribution in [-0.4, -0.2) is 42.9 Å². The van der Waals surface area contributed by atoms with Gasteiger partial charge in [-0.1, -0.05) is 35.0 Å². The van der Waals surface area contributed by atoms with Crippen molar-refractivity contribution in [3.63, 3.8) is 0 Å². The van der Waals surface area contributed by atoms with Crippen LogP contribution in [0.25, 0.3) is 0 Å². The summed E-state index contributed by atoms with van der Waals surface area (Å²) in [7, 11) is 0. The van der Waals surface area contributed by atoms with Gasteiger partial charge in [0, 0.05) is 35.5 Å². The summed E-state index contributed by atoms with van der Waals surface area (Å²) < 4.78 is 6.10. The Morgan fingerprint density at radius 2 is 2.05 bits per heavy atom. The number of Topliss-reactive ketones (excluding diaryl/α,β-unsaturated/α-hetero) is 1. The van der Waals surface area contributed by atoms with Crippen molar-refractivity contribution in [2.24, 2.45) is 5.92 Å². The fraction of sp³-hybridized carbons (Fsp3) is 0.467. The third-order valence-electron chi connectivity index (χ3n) is 3.38. The van der Waals surface area contributed by atoms with E-state index in [0.717, 1.165) is 4.47 Å². The first kappa shape index (κ1) is 15.2. The van der Waals surface area contributed by atoms with E-state index < -0.39 is 0 Å². The summed E-state index contributed by atoms with van der Waals surface area (Å²) in [5.41, 5.74) is 0.640. The van der Waals surface area contributed by atoms with Crippen LogP contribution in [0.5, 0.6) is 0 Å². The van der Waals surface area contributed by atoms with E-state index >= 15 is 0 Å². The van der Waals surface area contributed by atoms with E-state index in [0.29, 0.717) is 31.9 Å². The zero-order valence-corrected chi connectivity index (χ0v) is 13.1. The first-order valence-electron chi connectivity index (χ1n) is 6.73. The number of nitrogens with zero attached hydrogens (tertiary/aromatic N) is 1. The Kier molecular flexibility index (Phi) is 5.31. The molecule has 4 nitrogen and oxygen atoms in total. The van der Waals surface area contributed by atoms with E-state index in [1.54, 1.807) is 17.0 Å². The van der Waals surface area contributed by atoms with Crippen LogP contribution in [0.2, 0.25) is 0 Å². The maximum absolute atomic E-state index is 12.2. The van der Waals surface area contributed by atoms with Crippen LogP contribution in [0, 0.1) is 5.92 Å². The Hall–Kier alpha value is -1.20. The molecule has 1 fully saturated rings. The lowest BCUT2D eigenvalue weighted by Gasteiger charge is -2.29. The van der Waals surface area contributed by atoms with E-state index in [-0.39, 0.29) is 24.0 Å². The molecule has 1 saturated heterocycles. The minimum Gasteiger partial charge on any atom is -0.378 e. The van der Waals surface area contributed by atoms with Crippen molar-refractivity contribution < 1.29 is 14.3 Å². The van der Waals surface area contributed by atoms with Gasteiger partial charge in [0.1, 0.15) is 0 Å². The maximum Gasteiger partial charge on any atom is 0.226 e. The summed E-state index contributed by atoms with van der Waals surface area (Å²) >= 11 is 3.35. The first-order valence-corrected chi connectivity index (χ1v) is 7.52. The molecule has 0 aliphatic carbocycles. The standard InChI is InChI=1S/C15H18BrNO3/c1-11(15(19)17-5-7-20-8-6-17)9-14(18)12-3-2-4-13(16)10-12/h2-4,10-11H,5-9H2,1H3/t11-/m1/s1. The predicted molar refractivity (Wildman–Crippen MR) is 79.7 cm³/mol. The van der Waals surface area contributed by atoms with Crippen molar-refractivity contribution in [1.82, 2.24) is 4.90 Å². The summed E-state index contributed by atoms with van der Waals surface area (Å²) in [4.78, 5) is 26.2. The second-order valence-electron chi connectivity index (χ2n) is 4.98. The molecular weight excluding hydrogens is 322 g/mol. The molecule has 0 N–H and O–H groups in total. The summed E-state index contributed by atoms with van der Waals surface area (Å²) in [6, 6.07) is 7.26. The van der Waals surface area contributed by atoms with E-state index in [9.17, 15) is 9.59 Å². The molecule has 0 saturated carbocycles. The molecule has 108 valence electrons. The lowest BCUT2D eigenvalue weighted by atomic mass is 9.98. The highest BCUT2D eigenvalue weighted by Gasteiger charge is 2.24. The summed E-state index contributed by atoms with van der Waals surface area (Å²) in [6.07, 6.45) is 0.243. The van der Waals surface area contributed by atoms with Gasteiger partial charge in [-0.15, -0.1) is 0 Å². The Balaban J connectivity index is 1.94. The minimum atomic E-state index is -0.292. The molecule has 20 heavy (non-hydrogen) atoms. The van der Waals surface area contributed by atoms with Gasteiger partial charge in [-0.2, -0.15) is 0 Å². The van der Waals surface area contributed by atoms with Crippen molar-refractivity contribution in [3.8, 4) is 0 Å². The molecular formula is C15H18BrNO3. The van der Waals surface area contributed by atoms with Gasteiger partial charge in [-0.25, -0.2) is 0 Å². The maximum atomic E-state index is 12.2. The number of hydrogen-bond donors (Lipinski definition) is 0. The van der Waals surface area contributed by atoms with Gasteiger partial charge >= 0.3 is 0 Å². The van der Waals surface area contributed by atoms with Crippen LogP contribution in [0.15, 0.2) is 28.7 Å². The fourth-order valence-electron chi connectivity index (χ4n) is 2.24. The molecule has 1 atom stereocenters. The molecule has 1 aromatic carbocycles. The third-order valence-corrected chi connectivity index (χ3v) is 3.88. The summed E-state index contributed by atoms with van der Waals surface area (Å²) in [5.74, 6) is -0.253. The van der Waals surface area contributed by atoms with Gasteiger partial charge in [0.05, 0.1) is 13.2 Å². The Bertz CT molecular complexity index is 498. The lowest BCUT2D eigenvalue weighted by molar-refractivity contribution is -0.139. The monoisotopic (exact) mass is 339 g/mol. The van der Waals surface area contributed by atoms with Crippen molar-refractivity contribution in [3.05, 3.63) is 34.3 Å². The molecule has 1 aromatic rings. The van der Waals surface area contributed by atoms with Crippen LogP contribution in [0.4, 0.5) is 0 Å². The Labute approximate surface area is 127 Å². The minimum absolute atomic E-state index is 0.000379. The van der Waals surface area contributed by atoms with E-state index in [1.807, 2.05) is 19.1 Å². The van der Waals surface area contributed by atoms with Crippen LogP contribution in [-0.2, 0) is 9.53 Å². The molecule has 1 aliphatic rings. The fourth-order valence-corrected chi connectivity index (χ4v) is 2.64. The largest absolute Gasteiger partial charge is 0.378 e. The number of hydrogen-bond acceptors (Lipinski definition) is 3. The molecule has 0 unspecified atom stereocenters. The van der Waals surface area contributed by atoms with E-state index in [1.165, 1.54) is 0 Å². The van der Waals surface area contributed by atoms with Gasteiger partial charge in [-0.3, -0.25) is 9.59 Å². The molecule has 2 rings (SSSR count). The summed E-state index contributed by atoms with van der Waals surface area (Å²) in [6.45, 7) is 4.21. The van der Waals surface area contributed by atoms with Gasteiger partial charge in [0.25, 0.3) is 0 Å². The number of ketones is 1. The number of halogens is 1. The van der Waals surface area contributed by atoms with Crippen molar-refractivity contribution >= 4 is 27.6 Å². The molecule has 0 bridgehead atoms. The zero-order chi connectivity index (χ0) is 14.5. The predicted octanol–water partition coefficient (Wildman–Crippen LogP) is 2.52. The molecule has 1 aliphatic heterocycles. The van der Waals surface area contributed by atoms with Crippen molar-refractivity contribution in [2.45, 2.75) is 13.3 Å². The summed E-state index contributed by atoms with van der Waals surface area (Å²) in [5, 5.41) is 0. The number of benzene rings is 1. The van der Waals surface area contributed by atoms with Gasteiger partial charge in [0.2, 0.25) is 5.91 Å². The smallest absolute Gasteiger partial charge is 0.226 e. The topological polar surface area (TPSA) is 46.6 Å². The molecule has 0 aromatic heterocycles. The van der Waals surface area contributed by atoms with Crippen molar-refractivity contribution in [2.75, 3.05) is 26.3 Å². The van der Waals surface area contributed by atoms with Crippen LogP contribution in [0.3, 0.4) is 0 Å². The normalized spacial score (nSPS) is 16.8. The molecule has 0 radical (unpaired) electrons. The lowest BCUT2D eigenvalue weighted by Crippen LogP contribution is -2.43. The third kappa shape index (κ3) is 3.90. The second-order valence-corrected chi connectivity index (χ2v) is 5.89. The number of carbonyl (C=O) groups is 2. The highest BCUT2D eigenvalue weighted by atomic mass is 79.9. The molecule has 1 heterocycles. The van der Waals surface area contributed by atoms with Crippen LogP contribution < -0.4 is 0 Å². The number of morpholine rings is 1. The Morgan fingerprint density at radius 3 is 2.70 bits per heavy atom. The first-order chi connectivity index (χ1) is 9.58. The van der Waals surface area contributed by atoms with E-state index in [4.69, 9.17) is 4.74 Å². The van der Waals surface area contributed by atoms with Gasteiger partial charge < -0.3 is 9.64 Å². The SMILES string of the molecule is C[C@H](CC(=O)c1cccc(Br)c1)C(=O)N1CCOCC1. The van der Waals surface area contributed by atoms with Gasteiger partial charge in [0.15, 0.2) is 5.78 Å². The number of carbonyl (C=O) groups excluding carboxylic acids is 2. The molecule has 0 spiro atoms. The van der Waals surface area contributed by atoms with E-state index in [2.05, 4.69) is 15.9 Å². The Morgan fingerprint density at radius 1 is 1.35 bits per heavy atom. The molecule has 5 heteroatoms. The quantitative estimate of drug-likeness (QED) is 0.792. The van der Waals surface area contributed by atoms with Crippen LogP contribution >= 0.6 is 15.9 Å². The average molecular weight is 340 g/mol. The second kappa shape index (κ2) is 6.99. The molecule has 1 amide bonds.